The molecular weight excluding hydrogens is 160 g/mol. The third-order valence-electron chi connectivity index (χ3n) is 2.98. The van der Waals surface area contributed by atoms with E-state index in [0.717, 1.165) is 6.54 Å². The van der Waals surface area contributed by atoms with Gasteiger partial charge in [0.15, 0.2) is 0 Å². The Labute approximate surface area is 82.5 Å². The number of likely N-dealkylation sites (tertiary alicyclic amines) is 1. The van der Waals surface area contributed by atoms with Crippen molar-refractivity contribution >= 4 is 0 Å². The zero-order valence-corrected chi connectivity index (χ0v) is 9.34. The van der Waals surface area contributed by atoms with Crippen molar-refractivity contribution in [2.75, 3.05) is 19.6 Å². The van der Waals surface area contributed by atoms with E-state index in [1.807, 2.05) is 0 Å². The summed E-state index contributed by atoms with van der Waals surface area (Å²) >= 11 is 0. The topological polar surface area (TPSA) is 29.3 Å². The van der Waals surface area contributed by atoms with E-state index in [2.05, 4.69) is 25.7 Å². The quantitative estimate of drug-likeness (QED) is 0.709. The van der Waals surface area contributed by atoms with E-state index in [4.69, 9.17) is 5.73 Å². The van der Waals surface area contributed by atoms with E-state index in [9.17, 15) is 0 Å². The number of rotatable bonds is 2. The van der Waals surface area contributed by atoms with Crippen LogP contribution in [0.15, 0.2) is 0 Å². The van der Waals surface area contributed by atoms with Crippen molar-refractivity contribution in [2.45, 2.75) is 46.1 Å². The van der Waals surface area contributed by atoms with E-state index in [1.54, 1.807) is 0 Å². The Morgan fingerprint density at radius 3 is 2.62 bits per heavy atom. The van der Waals surface area contributed by atoms with Crippen LogP contribution in [0.4, 0.5) is 0 Å². The molecule has 0 amide bonds. The molecule has 0 saturated carbocycles. The molecule has 0 spiro atoms. The molecule has 1 aliphatic rings. The lowest BCUT2D eigenvalue weighted by atomic mass is 9.85. The fourth-order valence-corrected chi connectivity index (χ4v) is 2.07. The highest BCUT2D eigenvalue weighted by molar-refractivity contribution is 4.77. The Morgan fingerprint density at radius 1 is 1.31 bits per heavy atom. The Hall–Kier alpha value is -0.0800. The van der Waals surface area contributed by atoms with Crippen molar-refractivity contribution in [2.24, 2.45) is 11.1 Å². The first-order valence-electron chi connectivity index (χ1n) is 5.47. The lowest BCUT2D eigenvalue weighted by molar-refractivity contribution is 0.253. The SMILES string of the molecule is CC(N)CN1CCCC(C)(C)CC1. The molecule has 0 radical (unpaired) electrons. The van der Waals surface area contributed by atoms with E-state index in [0.29, 0.717) is 11.5 Å². The zero-order chi connectivity index (χ0) is 9.90. The minimum absolute atomic E-state index is 0.321. The van der Waals surface area contributed by atoms with E-state index in [-0.39, 0.29) is 0 Å². The third-order valence-corrected chi connectivity index (χ3v) is 2.98. The van der Waals surface area contributed by atoms with Crippen LogP contribution in [-0.2, 0) is 0 Å². The third kappa shape index (κ3) is 4.10. The molecule has 0 aromatic carbocycles. The molecule has 2 heteroatoms. The van der Waals surface area contributed by atoms with Crippen molar-refractivity contribution in [1.29, 1.82) is 0 Å². The monoisotopic (exact) mass is 184 g/mol. The Balaban J connectivity index is 2.36. The summed E-state index contributed by atoms with van der Waals surface area (Å²) in [5, 5.41) is 0. The lowest BCUT2D eigenvalue weighted by Gasteiger charge is -2.24. The number of hydrogen-bond acceptors (Lipinski definition) is 2. The lowest BCUT2D eigenvalue weighted by Crippen LogP contribution is -2.36. The van der Waals surface area contributed by atoms with Gasteiger partial charge in [-0.05, 0) is 44.7 Å². The molecule has 1 atom stereocenters. The van der Waals surface area contributed by atoms with Crippen LogP contribution in [0, 0.1) is 5.41 Å². The first-order valence-corrected chi connectivity index (χ1v) is 5.47. The fraction of sp³-hybridized carbons (Fsp3) is 1.00. The highest BCUT2D eigenvalue weighted by Crippen LogP contribution is 2.29. The van der Waals surface area contributed by atoms with Gasteiger partial charge < -0.3 is 10.6 Å². The molecule has 13 heavy (non-hydrogen) atoms. The molecule has 78 valence electrons. The zero-order valence-electron chi connectivity index (χ0n) is 9.34. The molecule has 1 unspecified atom stereocenters. The highest BCUT2D eigenvalue weighted by Gasteiger charge is 2.22. The Kier molecular flexibility index (Phi) is 3.74. The second kappa shape index (κ2) is 4.43. The Bertz CT molecular complexity index is 152. The average Bonchev–Trinajstić information content (AvgIpc) is 2.12. The molecule has 0 aliphatic carbocycles. The summed E-state index contributed by atoms with van der Waals surface area (Å²) in [5.74, 6) is 0. The molecule has 1 fully saturated rings. The van der Waals surface area contributed by atoms with Crippen LogP contribution >= 0.6 is 0 Å². The summed E-state index contributed by atoms with van der Waals surface area (Å²) in [6.45, 7) is 10.4. The molecule has 1 saturated heterocycles. The van der Waals surface area contributed by atoms with Gasteiger partial charge in [-0.1, -0.05) is 13.8 Å². The molecule has 1 aliphatic heterocycles. The van der Waals surface area contributed by atoms with Gasteiger partial charge in [-0.3, -0.25) is 0 Å². The van der Waals surface area contributed by atoms with Gasteiger partial charge in [-0.15, -0.1) is 0 Å². The summed E-state index contributed by atoms with van der Waals surface area (Å²) in [4.78, 5) is 2.51. The smallest absolute Gasteiger partial charge is 0.0139 e. The van der Waals surface area contributed by atoms with Crippen LogP contribution in [0.1, 0.15) is 40.0 Å². The van der Waals surface area contributed by atoms with Gasteiger partial charge in [-0.2, -0.15) is 0 Å². The van der Waals surface area contributed by atoms with Gasteiger partial charge in [0.25, 0.3) is 0 Å². The van der Waals surface area contributed by atoms with Gasteiger partial charge in [0.05, 0.1) is 0 Å². The molecule has 0 aromatic rings. The maximum Gasteiger partial charge on any atom is 0.0139 e. The van der Waals surface area contributed by atoms with Crippen molar-refractivity contribution < 1.29 is 0 Å². The predicted molar refractivity (Wildman–Crippen MR) is 57.7 cm³/mol. The predicted octanol–water partition coefficient (Wildman–Crippen LogP) is 1.85. The number of hydrogen-bond donors (Lipinski definition) is 1. The normalized spacial score (nSPS) is 26.8. The van der Waals surface area contributed by atoms with E-state index >= 15 is 0 Å². The maximum atomic E-state index is 5.80. The second-order valence-corrected chi connectivity index (χ2v) is 5.30. The number of nitrogens with zero attached hydrogens (tertiary/aromatic N) is 1. The van der Waals surface area contributed by atoms with Crippen molar-refractivity contribution in [3.63, 3.8) is 0 Å². The van der Waals surface area contributed by atoms with Gasteiger partial charge in [0, 0.05) is 12.6 Å². The average molecular weight is 184 g/mol. The number of nitrogens with two attached hydrogens (primary N) is 1. The maximum absolute atomic E-state index is 5.80. The van der Waals surface area contributed by atoms with Crippen LogP contribution in [0.3, 0.4) is 0 Å². The van der Waals surface area contributed by atoms with Crippen LogP contribution in [0.2, 0.25) is 0 Å². The van der Waals surface area contributed by atoms with Crippen molar-refractivity contribution in [3.05, 3.63) is 0 Å². The summed E-state index contributed by atoms with van der Waals surface area (Å²) in [7, 11) is 0. The fourth-order valence-electron chi connectivity index (χ4n) is 2.07. The van der Waals surface area contributed by atoms with Crippen LogP contribution in [-0.4, -0.2) is 30.6 Å². The first-order chi connectivity index (χ1) is 5.99. The van der Waals surface area contributed by atoms with E-state index in [1.165, 1.54) is 32.4 Å². The van der Waals surface area contributed by atoms with Gasteiger partial charge in [0.2, 0.25) is 0 Å². The summed E-state index contributed by atoms with van der Waals surface area (Å²) in [6.07, 6.45) is 4.02. The Morgan fingerprint density at radius 2 is 2.00 bits per heavy atom. The minimum Gasteiger partial charge on any atom is -0.327 e. The van der Waals surface area contributed by atoms with Crippen LogP contribution < -0.4 is 5.73 Å². The van der Waals surface area contributed by atoms with Gasteiger partial charge in [-0.25, -0.2) is 0 Å². The summed E-state index contributed by atoms with van der Waals surface area (Å²) in [5.41, 5.74) is 6.35. The van der Waals surface area contributed by atoms with Gasteiger partial charge in [0.1, 0.15) is 0 Å². The molecule has 2 nitrogen and oxygen atoms in total. The summed E-state index contributed by atoms with van der Waals surface area (Å²) < 4.78 is 0. The van der Waals surface area contributed by atoms with Crippen LogP contribution in [0.25, 0.3) is 0 Å². The van der Waals surface area contributed by atoms with Crippen molar-refractivity contribution in [3.8, 4) is 0 Å². The molecule has 0 aromatic heterocycles. The van der Waals surface area contributed by atoms with Gasteiger partial charge >= 0.3 is 0 Å². The summed E-state index contributed by atoms with van der Waals surface area (Å²) in [6, 6.07) is 0.321. The first kappa shape index (κ1) is 11.0. The highest BCUT2D eigenvalue weighted by atomic mass is 15.1. The molecule has 1 rings (SSSR count). The minimum atomic E-state index is 0.321. The van der Waals surface area contributed by atoms with E-state index < -0.39 is 0 Å². The van der Waals surface area contributed by atoms with Crippen molar-refractivity contribution in [1.82, 2.24) is 4.90 Å². The molecule has 2 N–H and O–H groups in total. The second-order valence-electron chi connectivity index (χ2n) is 5.30. The molecule has 0 bridgehead atoms. The van der Waals surface area contributed by atoms with Crippen LogP contribution in [0.5, 0.6) is 0 Å². The molecule has 1 heterocycles. The largest absolute Gasteiger partial charge is 0.327 e. The standard InChI is InChI=1S/C11H24N2/c1-10(12)9-13-7-4-5-11(2,3)6-8-13/h10H,4-9,12H2,1-3H3. The molecular formula is C11H24N2.